The Hall–Kier alpha value is -4.49. The molecule has 13 heteroatoms. The van der Waals surface area contributed by atoms with Crippen LogP contribution in [-0.2, 0) is 21.2 Å². The van der Waals surface area contributed by atoms with E-state index in [4.69, 9.17) is 14.2 Å². The van der Waals surface area contributed by atoms with Crippen molar-refractivity contribution in [3.63, 3.8) is 0 Å². The molecule has 242 valence electrons. The molecule has 3 aromatic rings. The number of fused-ring (bicyclic) bond motifs is 1. The molecule has 3 amide bonds. The van der Waals surface area contributed by atoms with E-state index < -0.39 is 22.2 Å². The molecule has 0 unspecified atom stereocenters. The number of urea groups is 1. The summed E-state index contributed by atoms with van der Waals surface area (Å²) in [5.41, 5.74) is 1.32. The zero-order valence-corrected chi connectivity index (χ0v) is 26.8. The van der Waals surface area contributed by atoms with Crippen LogP contribution in [0.2, 0.25) is 0 Å². The zero-order chi connectivity index (χ0) is 32.7. The van der Waals surface area contributed by atoms with Crippen LogP contribution in [0.1, 0.15) is 19.4 Å². The Bertz CT molecular complexity index is 1580. The molecule has 12 nitrogen and oxygen atoms in total. The Kier molecular flexibility index (Phi) is 10.8. The third-order valence-electron chi connectivity index (χ3n) is 7.68. The first-order valence-electron chi connectivity index (χ1n) is 14.5. The lowest BCUT2D eigenvalue weighted by Gasteiger charge is -2.34. The Morgan fingerprint density at radius 2 is 1.64 bits per heavy atom. The monoisotopic (exact) mass is 640 g/mol. The van der Waals surface area contributed by atoms with Crippen molar-refractivity contribution in [1.29, 1.82) is 0 Å². The molecule has 0 aromatic heterocycles. The highest BCUT2D eigenvalue weighted by Crippen LogP contribution is 2.30. The van der Waals surface area contributed by atoms with Crippen LogP contribution in [0.3, 0.4) is 0 Å². The number of nitrogens with one attached hydrogen (secondary N) is 2. The van der Waals surface area contributed by atoms with Crippen molar-refractivity contribution in [2.75, 3.05) is 51.0 Å². The van der Waals surface area contributed by atoms with Crippen LogP contribution in [0.25, 0.3) is 0 Å². The molecule has 0 spiro atoms. The number of hydrogen-bond donors (Lipinski definition) is 3. The first-order valence-corrected chi connectivity index (χ1v) is 15.9. The molecule has 1 heterocycles. The number of aliphatic hydroxyl groups excluding tert-OH is 1. The summed E-state index contributed by atoms with van der Waals surface area (Å²) in [5.74, 6) is 1.11. The van der Waals surface area contributed by atoms with Gasteiger partial charge in [-0.25, -0.2) is 13.2 Å². The lowest BCUT2D eigenvalue weighted by Crippen LogP contribution is -2.48. The average molecular weight is 641 g/mol. The van der Waals surface area contributed by atoms with Gasteiger partial charge in [0.25, 0.3) is 10.0 Å². The lowest BCUT2D eigenvalue weighted by molar-refractivity contribution is -0.134. The number of anilines is 2. The maximum atomic E-state index is 13.5. The number of ether oxygens (including phenoxy) is 3. The standard InChI is InChI=1S/C32H40N4O8S/c1-21-18-36(22(2)20-37)31(38)17-23-16-25(34-45(40,41)28-13-11-27(43-5)12-14-28)8-15-29(23)44-30(21)19-35(3)32(39)33-24-6-9-26(42-4)10-7-24/h6-16,21-22,30,34,37H,17-20H2,1-5H3,(H,33,39)/t21-,22-,30+/m1/s1. The summed E-state index contributed by atoms with van der Waals surface area (Å²) in [5, 5.41) is 12.8. The van der Waals surface area contributed by atoms with Gasteiger partial charge in [-0.05, 0) is 73.7 Å². The maximum absolute atomic E-state index is 13.5. The fraction of sp³-hybridized carbons (Fsp3) is 0.375. The predicted molar refractivity (Wildman–Crippen MR) is 170 cm³/mol. The van der Waals surface area contributed by atoms with Crippen molar-refractivity contribution in [2.45, 2.75) is 37.3 Å². The van der Waals surface area contributed by atoms with Crippen molar-refractivity contribution in [2.24, 2.45) is 5.92 Å². The quantitative estimate of drug-likeness (QED) is 0.303. The molecule has 0 aliphatic carbocycles. The van der Waals surface area contributed by atoms with Crippen LogP contribution >= 0.6 is 0 Å². The molecule has 0 bridgehead atoms. The van der Waals surface area contributed by atoms with E-state index >= 15 is 0 Å². The molecule has 1 aliphatic rings. The minimum Gasteiger partial charge on any atom is -0.497 e. The Balaban J connectivity index is 1.59. The van der Waals surface area contributed by atoms with Crippen LogP contribution in [0, 0.1) is 5.92 Å². The number of benzene rings is 3. The number of sulfonamides is 1. The largest absolute Gasteiger partial charge is 0.497 e. The van der Waals surface area contributed by atoms with E-state index in [0.717, 1.165) is 0 Å². The van der Waals surface area contributed by atoms with Crippen molar-refractivity contribution >= 4 is 33.3 Å². The van der Waals surface area contributed by atoms with Crippen molar-refractivity contribution < 1.29 is 37.3 Å². The molecule has 4 rings (SSSR count). The number of likely N-dealkylation sites (N-methyl/N-ethyl adjacent to an activating group) is 1. The normalized spacial score (nSPS) is 17.5. The highest BCUT2D eigenvalue weighted by molar-refractivity contribution is 7.92. The van der Waals surface area contributed by atoms with E-state index in [0.29, 0.717) is 28.5 Å². The van der Waals surface area contributed by atoms with E-state index in [-0.39, 0.29) is 54.6 Å². The summed E-state index contributed by atoms with van der Waals surface area (Å²) >= 11 is 0. The first kappa shape index (κ1) is 33.4. The van der Waals surface area contributed by atoms with Gasteiger partial charge in [0.15, 0.2) is 0 Å². The molecule has 45 heavy (non-hydrogen) atoms. The number of methoxy groups -OCH3 is 2. The first-order chi connectivity index (χ1) is 21.4. The van der Waals surface area contributed by atoms with Crippen molar-refractivity contribution in [3.8, 4) is 17.2 Å². The van der Waals surface area contributed by atoms with Gasteiger partial charge in [0, 0.05) is 36.4 Å². The number of rotatable bonds is 10. The SMILES string of the molecule is COc1ccc(NC(=O)N(C)C[C@@H]2Oc3ccc(NS(=O)(=O)c4ccc(OC)cc4)cc3CC(=O)N([C@H](C)CO)C[C@H]2C)cc1. The summed E-state index contributed by atoms with van der Waals surface area (Å²) in [7, 11) is 0.773. The molecule has 0 fully saturated rings. The second kappa shape index (κ2) is 14.5. The molecule has 1 aliphatic heterocycles. The van der Waals surface area contributed by atoms with Gasteiger partial charge in [-0.15, -0.1) is 0 Å². The predicted octanol–water partition coefficient (Wildman–Crippen LogP) is 3.82. The third kappa shape index (κ3) is 8.37. The van der Waals surface area contributed by atoms with Crippen molar-refractivity contribution in [1.82, 2.24) is 9.80 Å². The van der Waals surface area contributed by atoms with Crippen LogP contribution in [0.15, 0.2) is 71.6 Å². The second-order valence-corrected chi connectivity index (χ2v) is 12.7. The van der Waals surface area contributed by atoms with Gasteiger partial charge in [-0.3, -0.25) is 9.52 Å². The van der Waals surface area contributed by atoms with E-state index in [1.807, 2.05) is 6.92 Å². The number of aliphatic hydroxyl groups is 1. The number of carbonyl (C=O) groups excluding carboxylic acids is 2. The fourth-order valence-electron chi connectivity index (χ4n) is 4.93. The van der Waals surface area contributed by atoms with E-state index in [2.05, 4.69) is 10.0 Å². The molecular weight excluding hydrogens is 600 g/mol. The van der Waals surface area contributed by atoms with Crippen LogP contribution in [0.4, 0.5) is 16.2 Å². The molecule has 3 N–H and O–H groups in total. The highest BCUT2D eigenvalue weighted by Gasteiger charge is 2.32. The second-order valence-electron chi connectivity index (χ2n) is 11.0. The Morgan fingerprint density at radius 3 is 2.24 bits per heavy atom. The smallest absolute Gasteiger partial charge is 0.321 e. The Labute approximate surface area is 263 Å². The topological polar surface area (TPSA) is 147 Å². The molecule has 0 saturated heterocycles. The summed E-state index contributed by atoms with van der Waals surface area (Å²) in [6.07, 6.45) is -0.623. The number of nitrogens with zero attached hydrogens (tertiary/aromatic N) is 2. The van der Waals surface area contributed by atoms with Gasteiger partial charge in [0.05, 0.1) is 44.7 Å². The van der Waals surface area contributed by atoms with Gasteiger partial charge >= 0.3 is 6.03 Å². The third-order valence-corrected chi connectivity index (χ3v) is 9.08. The lowest BCUT2D eigenvalue weighted by atomic mass is 10.0. The van der Waals surface area contributed by atoms with Crippen LogP contribution in [0.5, 0.6) is 17.2 Å². The number of carbonyl (C=O) groups is 2. The Morgan fingerprint density at radius 1 is 1.04 bits per heavy atom. The van der Waals surface area contributed by atoms with E-state index in [1.165, 1.54) is 24.1 Å². The van der Waals surface area contributed by atoms with Gasteiger partial charge < -0.3 is 34.4 Å². The van der Waals surface area contributed by atoms with E-state index in [1.54, 1.807) is 80.6 Å². The molecule has 0 saturated carbocycles. The summed E-state index contributed by atoms with van der Waals surface area (Å²) in [6, 6.07) is 16.9. The number of amides is 3. The molecule has 3 atom stereocenters. The molecule has 0 radical (unpaired) electrons. The van der Waals surface area contributed by atoms with Crippen LogP contribution in [-0.4, -0.2) is 88.4 Å². The minimum absolute atomic E-state index is 0.0481. The molecule has 3 aromatic carbocycles. The zero-order valence-electron chi connectivity index (χ0n) is 26.0. The van der Waals surface area contributed by atoms with Gasteiger partial charge in [-0.1, -0.05) is 6.92 Å². The van der Waals surface area contributed by atoms with Gasteiger partial charge in [-0.2, -0.15) is 0 Å². The molecular formula is C32H40N4O8S. The summed E-state index contributed by atoms with van der Waals surface area (Å²) < 4.78 is 45.5. The van der Waals surface area contributed by atoms with Crippen molar-refractivity contribution in [3.05, 3.63) is 72.3 Å². The minimum atomic E-state index is -3.94. The van der Waals surface area contributed by atoms with Crippen LogP contribution < -0.4 is 24.2 Å². The summed E-state index contributed by atoms with van der Waals surface area (Å²) in [6.45, 7) is 3.91. The highest BCUT2D eigenvalue weighted by atomic mass is 32.2. The fourth-order valence-corrected chi connectivity index (χ4v) is 5.98. The summed E-state index contributed by atoms with van der Waals surface area (Å²) in [4.78, 5) is 29.7. The number of hydrogen-bond acceptors (Lipinski definition) is 8. The van der Waals surface area contributed by atoms with E-state index in [9.17, 15) is 23.1 Å². The maximum Gasteiger partial charge on any atom is 0.321 e. The van der Waals surface area contributed by atoms with Gasteiger partial charge in [0.2, 0.25) is 5.91 Å². The average Bonchev–Trinajstić information content (AvgIpc) is 3.08. The van der Waals surface area contributed by atoms with Gasteiger partial charge in [0.1, 0.15) is 23.4 Å².